The normalized spacial score (nSPS) is 5.00. The number of hydrogen-bond donors (Lipinski definition) is 2. The van der Waals surface area contributed by atoms with Gasteiger partial charge in [0.25, 0.3) is 0 Å². The van der Waals surface area contributed by atoms with Crippen molar-refractivity contribution in [3.8, 4) is 0 Å². The van der Waals surface area contributed by atoms with E-state index in [1.54, 1.807) is 0 Å². The first kappa shape index (κ1) is 8.83. The summed E-state index contributed by atoms with van der Waals surface area (Å²) in [4.78, 5) is 6.94. The molecular weight excluding hydrogens is 93.1 g/mol. The fourth-order valence-corrected chi connectivity index (χ4v) is 0. The molecule has 0 aromatic rings. The molecule has 0 aliphatic rings. The predicted molar refractivity (Wildman–Crippen MR) is 14.8 cm³/mol. The van der Waals surface area contributed by atoms with Crippen molar-refractivity contribution in [2.75, 3.05) is 0 Å². The van der Waals surface area contributed by atoms with Crippen molar-refractivity contribution >= 4 is 9.26 Å². The largest absolute Gasteiger partial charge is 0.734 e. The smallest absolute Gasteiger partial charge is 0.517 e. The Balaban J connectivity index is 0. The SMILES string of the molecule is N.O=[Si](O)F. The quantitative estimate of drug-likeness (QED) is 0.317. The first-order chi connectivity index (χ1) is 1.73. The summed E-state index contributed by atoms with van der Waals surface area (Å²) < 4.78 is 18.6. The van der Waals surface area contributed by atoms with Gasteiger partial charge in [-0.25, -0.2) is 0 Å². The maximum atomic E-state index is 10.1. The van der Waals surface area contributed by atoms with Crippen molar-refractivity contribution < 1.29 is 13.4 Å². The van der Waals surface area contributed by atoms with Gasteiger partial charge in [-0.1, -0.05) is 0 Å². The fourth-order valence-electron chi connectivity index (χ4n) is 0. The zero-order valence-corrected chi connectivity index (χ0v) is 3.44. The summed E-state index contributed by atoms with van der Waals surface area (Å²) in [6.07, 6.45) is 0. The van der Waals surface area contributed by atoms with E-state index in [9.17, 15) is 4.11 Å². The van der Waals surface area contributed by atoms with Gasteiger partial charge >= 0.3 is 9.26 Å². The standard InChI is InChI=1S/FHO2Si.H3N/c1-4(2)3;/h2H;1H3. The van der Waals surface area contributed by atoms with E-state index in [4.69, 9.17) is 9.26 Å². The van der Waals surface area contributed by atoms with E-state index in [1.165, 1.54) is 0 Å². The summed E-state index contributed by atoms with van der Waals surface area (Å²) in [5, 5.41) is 0. The average molecular weight is 97.1 g/mol. The van der Waals surface area contributed by atoms with Crippen LogP contribution in [0, 0.1) is 0 Å². The Bertz CT molecular complexity index is 32.6. The molecule has 0 aromatic carbocycles. The molecule has 0 heterocycles. The van der Waals surface area contributed by atoms with Gasteiger partial charge in [-0.2, -0.15) is 4.11 Å². The highest BCUT2D eigenvalue weighted by Gasteiger charge is 1.87. The van der Waals surface area contributed by atoms with E-state index >= 15 is 0 Å². The van der Waals surface area contributed by atoms with Gasteiger partial charge in [-0.15, -0.1) is 0 Å². The number of halogens is 1. The van der Waals surface area contributed by atoms with Crippen molar-refractivity contribution in [2.24, 2.45) is 0 Å². The van der Waals surface area contributed by atoms with Crippen LogP contribution in [-0.2, 0) is 4.46 Å². The van der Waals surface area contributed by atoms with Crippen molar-refractivity contribution in [3.63, 3.8) is 0 Å². The number of hydrogen-bond acceptors (Lipinski definition) is 2. The van der Waals surface area contributed by atoms with Crippen LogP contribution in [0.15, 0.2) is 0 Å². The maximum Gasteiger partial charge on any atom is 0.734 e. The third-order valence-electron chi connectivity index (χ3n) is 0. The minimum atomic E-state index is -3.63. The van der Waals surface area contributed by atoms with Crippen LogP contribution in [0.3, 0.4) is 0 Å². The molecule has 0 amide bonds. The Hall–Kier alpha value is -0.293. The molecule has 0 unspecified atom stereocenters. The van der Waals surface area contributed by atoms with Crippen LogP contribution in [0.2, 0.25) is 0 Å². The second-order valence-electron chi connectivity index (χ2n) is 0.253. The van der Waals surface area contributed by atoms with Gasteiger partial charge in [0.15, 0.2) is 0 Å². The maximum absolute atomic E-state index is 10.1. The molecule has 0 radical (unpaired) electrons. The molecular formula is H4FNO2Si. The lowest BCUT2D eigenvalue weighted by molar-refractivity contribution is 0.390. The van der Waals surface area contributed by atoms with Gasteiger partial charge in [-0.05, 0) is 0 Å². The third-order valence-corrected chi connectivity index (χ3v) is 0. The molecule has 32 valence electrons. The Morgan fingerprint density at radius 1 is 1.80 bits per heavy atom. The van der Waals surface area contributed by atoms with Gasteiger partial charge in [0, 0.05) is 0 Å². The van der Waals surface area contributed by atoms with E-state index in [-0.39, 0.29) is 6.15 Å². The van der Waals surface area contributed by atoms with Gasteiger partial charge in [0.05, 0.1) is 0 Å². The monoisotopic (exact) mass is 97.0 g/mol. The summed E-state index contributed by atoms with van der Waals surface area (Å²) in [5.41, 5.74) is 0. The highest BCUT2D eigenvalue weighted by atomic mass is 28.3. The van der Waals surface area contributed by atoms with Gasteiger partial charge < -0.3 is 10.9 Å². The molecule has 0 spiro atoms. The minimum Gasteiger partial charge on any atom is -0.517 e. The molecule has 0 fully saturated rings. The second-order valence-corrected chi connectivity index (χ2v) is 0.759. The van der Waals surface area contributed by atoms with Crippen LogP contribution in [0.1, 0.15) is 0 Å². The van der Waals surface area contributed by atoms with E-state index in [2.05, 4.69) is 0 Å². The first-order valence-corrected chi connectivity index (χ1v) is 1.85. The zero-order chi connectivity index (χ0) is 3.58. The van der Waals surface area contributed by atoms with Crippen LogP contribution in [0.5, 0.6) is 0 Å². The summed E-state index contributed by atoms with van der Waals surface area (Å²) >= 11 is 0. The van der Waals surface area contributed by atoms with E-state index < -0.39 is 9.26 Å². The molecule has 0 aliphatic carbocycles. The molecule has 0 atom stereocenters. The Labute approximate surface area is 30.0 Å². The lowest BCUT2D eigenvalue weighted by Crippen LogP contribution is -1.79. The lowest BCUT2D eigenvalue weighted by Gasteiger charge is -1.49. The molecule has 5 heteroatoms. The fraction of sp³-hybridized carbons (Fsp3) is 0. The molecule has 0 saturated carbocycles. The third kappa shape index (κ3) is 126. The molecule has 4 N–H and O–H groups in total. The summed E-state index contributed by atoms with van der Waals surface area (Å²) in [5.74, 6) is 0. The van der Waals surface area contributed by atoms with E-state index in [1.807, 2.05) is 0 Å². The van der Waals surface area contributed by atoms with Crippen LogP contribution in [0.4, 0.5) is 4.11 Å². The molecule has 0 saturated heterocycles. The van der Waals surface area contributed by atoms with Gasteiger partial charge in [-0.3, -0.25) is 4.46 Å². The summed E-state index contributed by atoms with van der Waals surface area (Å²) in [6, 6.07) is 0. The van der Waals surface area contributed by atoms with E-state index in [0.29, 0.717) is 0 Å². The van der Waals surface area contributed by atoms with Crippen molar-refractivity contribution in [2.45, 2.75) is 0 Å². The molecule has 5 heavy (non-hydrogen) atoms. The molecule has 0 aliphatic heterocycles. The Morgan fingerprint density at radius 3 is 1.80 bits per heavy atom. The van der Waals surface area contributed by atoms with E-state index in [0.717, 1.165) is 0 Å². The average Bonchev–Trinajstić information content (AvgIpc) is 0.811. The van der Waals surface area contributed by atoms with Crippen LogP contribution >= 0.6 is 0 Å². The van der Waals surface area contributed by atoms with Crippen LogP contribution < -0.4 is 6.15 Å². The van der Waals surface area contributed by atoms with Crippen molar-refractivity contribution in [1.82, 2.24) is 6.15 Å². The Morgan fingerprint density at radius 2 is 1.80 bits per heavy atom. The zero-order valence-electron chi connectivity index (χ0n) is 2.44. The molecule has 0 bridgehead atoms. The summed E-state index contributed by atoms with van der Waals surface area (Å²) in [6.45, 7) is 0. The number of rotatable bonds is 0. The van der Waals surface area contributed by atoms with Gasteiger partial charge in [0.2, 0.25) is 0 Å². The van der Waals surface area contributed by atoms with Crippen LogP contribution in [0.25, 0.3) is 0 Å². The topological polar surface area (TPSA) is 72.3 Å². The lowest BCUT2D eigenvalue weighted by atomic mass is 14.0. The second kappa shape index (κ2) is 3.71. The van der Waals surface area contributed by atoms with Gasteiger partial charge in [0.1, 0.15) is 0 Å². The highest BCUT2D eigenvalue weighted by molar-refractivity contribution is 6.23. The van der Waals surface area contributed by atoms with Crippen molar-refractivity contribution in [3.05, 3.63) is 0 Å². The minimum absolute atomic E-state index is 0. The molecule has 0 aromatic heterocycles. The molecule has 0 rings (SSSR count). The summed E-state index contributed by atoms with van der Waals surface area (Å²) in [7, 11) is -3.63. The highest BCUT2D eigenvalue weighted by Crippen LogP contribution is 1.46. The Kier molecular flexibility index (Phi) is 6.54. The first-order valence-electron chi connectivity index (χ1n) is 0.617. The predicted octanol–water partition coefficient (Wildman–Crippen LogP) is -0.474. The van der Waals surface area contributed by atoms with Crippen LogP contribution in [-0.4, -0.2) is 14.1 Å². The van der Waals surface area contributed by atoms with Crippen molar-refractivity contribution in [1.29, 1.82) is 0 Å². The molecule has 3 nitrogen and oxygen atoms in total.